The molecule has 0 aliphatic rings. The van der Waals surface area contributed by atoms with Crippen LogP contribution in [0.3, 0.4) is 0 Å². The highest BCUT2D eigenvalue weighted by molar-refractivity contribution is 8.91. The Bertz CT molecular complexity index is 6.00. The van der Waals surface area contributed by atoms with Gasteiger partial charge in [0.1, 0.15) is 18.8 Å². The molecule has 0 saturated carbocycles. The summed E-state index contributed by atoms with van der Waals surface area (Å²) < 4.78 is 0. The van der Waals surface area contributed by atoms with Crippen molar-refractivity contribution in [3.05, 3.63) is 0 Å². The normalized spacial score (nSPS) is 7.50. The lowest BCUT2D eigenvalue weighted by atomic mass is 27.8. The molecular formula is S2Si2. The van der Waals surface area contributed by atoms with Gasteiger partial charge in [-0.3, -0.25) is 0 Å². The standard InChI is InChI=1S/S2Si2/c3-1-2-4. The number of hydrogen-bond donors (Lipinski definition) is 0. The fourth-order valence-electron chi connectivity index (χ4n) is 0. The van der Waals surface area contributed by atoms with Crippen LogP contribution in [0.1, 0.15) is 0 Å². The third-order valence-electron chi connectivity index (χ3n) is 0.0417. The van der Waals surface area contributed by atoms with Crippen molar-refractivity contribution in [3.8, 4) is 0 Å². The molecule has 0 aromatic carbocycles. The lowest BCUT2D eigenvalue weighted by Crippen LogP contribution is -1.37. The molecular weight excluding hydrogens is 120 g/mol. The van der Waals surface area contributed by atoms with E-state index in [-0.39, 0.29) is 0 Å². The van der Waals surface area contributed by atoms with Crippen LogP contribution in [-0.4, -0.2) is 18.8 Å². The predicted molar refractivity (Wildman–Crippen MR) is 26.7 cm³/mol. The molecule has 20 valence electrons. The highest BCUT2D eigenvalue weighted by Gasteiger charge is 1.57. The molecule has 0 saturated heterocycles. The van der Waals surface area contributed by atoms with Crippen molar-refractivity contribution in [1.29, 1.82) is 0 Å². The highest BCUT2D eigenvalue weighted by Crippen LogP contribution is 2.06. The number of hydrogen-bond acceptors (Lipinski definition) is 2. The molecule has 0 aliphatic heterocycles. The molecule has 0 aliphatic carbocycles. The van der Waals surface area contributed by atoms with Crippen molar-refractivity contribution in [1.82, 2.24) is 0 Å². The van der Waals surface area contributed by atoms with Gasteiger partial charge in [0.2, 0.25) is 0 Å². The van der Waals surface area contributed by atoms with Gasteiger partial charge in [0.25, 0.3) is 0 Å². The second-order valence-corrected chi connectivity index (χ2v) is 4.50. The monoisotopic (exact) mass is 120 g/mol. The smallest absolute Gasteiger partial charge is 0.135 e. The highest BCUT2D eigenvalue weighted by atomic mass is 33.3. The van der Waals surface area contributed by atoms with Gasteiger partial charge in [-0.15, -0.1) is 20.5 Å². The van der Waals surface area contributed by atoms with Gasteiger partial charge in [0.15, 0.2) is 0 Å². The van der Waals surface area contributed by atoms with Crippen LogP contribution in [0.4, 0.5) is 0 Å². The van der Waals surface area contributed by atoms with E-state index in [1.165, 1.54) is 20.5 Å². The van der Waals surface area contributed by atoms with Gasteiger partial charge in [-0.2, -0.15) is 0 Å². The van der Waals surface area contributed by atoms with E-state index in [2.05, 4.69) is 18.8 Å². The van der Waals surface area contributed by atoms with Crippen LogP contribution in [0.15, 0.2) is 0 Å². The maximum atomic E-state index is 3.12. The van der Waals surface area contributed by atoms with Crippen LogP contribution >= 0.6 is 20.5 Å². The largest absolute Gasteiger partial charge is 0.135 e. The van der Waals surface area contributed by atoms with E-state index in [0.29, 0.717) is 0 Å². The first-order valence-corrected chi connectivity index (χ1v) is 5.17. The molecule has 4 heavy (non-hydrogen) atoms. The zero-order chi connectivity index (χ0) is 3.41. The summed E-state index contributed by atoms with van der Waals surface area (Å²) in [6.45, 7) is 0. The molecule has 6 radical (unpaired) electrons. The van der Waals surface area contributed by atoms with Crippen LogP contribution in [0, 0.1) is 0 Å². The molecule has 0 bridgehead atoms. The summed E-state index contributed by atoms with van der Waals surface area (Å²) >= 11 is 0. The first kappa shape index (κ1) is 5.13. The van der Waals surface area contributed by atoms with E-state index < -0.39 is 0 Å². The fourth-order valence-corrected chi connectivity index (χ4v) is 0. The number of rotatable bonds is 1. The molecule has 0 aromatic rings. The Morgan fingerprint density at radius 2 is 1.25 bits per heavy atom. The van der Waals surface area contributed by atoms with Gasteiger partial charge in [-0.05, 0) is 0 Å². The van der Waals surface area contributed by atoms with E-state index >= 15 is 0 Å². The van der Waals surface area contributed by atoms with Crippen LogP contribution < -0.4 is 0 Å². The predicted octanol–water partition coefficient (Wildman–Crippen LogP) is 0.535. The van der Waals surface area contributed by atoms with Crippen molar-refractivity contribution in [2.75, 3.05) is 0 Å². The van der Waals surface area contributed by atoms with E-state index in [1.54, 1.807) is 0 Å². The third kappa shape index (κ3) is 3.13. The van der Waals surface area contributed by atoms with E-state index in [1.807, 2.05) is 0 Å². The van der Waals surface area contributed by atoms with Crippen LogP contribution in [0.25, 0.3) is 0 Å². The Morgan fingerprint density at radius 1 is 1.00 bits per heavy atom. The molecule has 4 heteroatoms. The molecule has 0 atom stereocenters. The van der Waals surface area contributed by atoms with Crippen molar-refractivity contribution in [2.45, 2.75) is 0 Å². The minimum Gasteiger partial charge on any atom is -0.135 e. The second-order valence-electron chi connectivity index (χ2n) is 0.167. The average molecular weight is 120 g/mol. The molecule has 0 N–H and O–H groups in total. The van der Waals surface area contributed by atoms with Gasteiger partial charge in [0, 0.05) is 0 Å². The van der Waals surface area contributed by atoms with Crippen molar-refractivity contribution < 1.29 is 0 Å². The SMILES string of the molecule is [Si]SS[Si]. The lowest BCUT2D eigenvalue weighted by Gasteiger charge is -1.68. The van der Waals surface area contributed by atoms with Crippen molar-refractivity contribution in [3.63, 3.8) is 0 Å². The second kappa shape index (κ2) is 4.13. The molecule has 0 aromatic heterocycles. The Morgan fingerprint density at radius 3 is 1.25 bits per heavy atom. The quantitative estimate of drug-likeness (QED) is 0.366. The molecule has 0 unspecified atom stereocenters. The van der Waals surface area contributed by atoms with Crippen LogP contribution in [0.5, 0.6) is 0 Å². The molecule has 0 rings (SSSR count). The minimum absolute atomic E-state index is 1.49. The van der Waals surface area contributed by atoms with E-state index in [4.69, 9.17) is 0 Å². The fraction of sp³-hybridized carbons (Fsp3) is 0. The topological polar surface area (TPSA) is 0 Å². The van der Waals surface area contributed by atoms with Gasteiger partial charge in [0.05, 0.1) is 0 Å². The summed E-state index contributed by atoms with van der Waals surface area (Å²) in [4.78, 5) is 0. The molecule has 0 fully saturated rings. The summed E-state index contributed by atoms with van der Waals surface area (Å²) in [6.07, 6.45) is 0. The van der Waals surface area contributed by atoms with E-state index in [0.717, 1.165) is 0 Å². The van der Waals surface area contributed by atoms with Crippen molar-refractivity contribution >= 4 is 39.3 Å². The van der Waals surface area contributed by atoms with Gasteiger partial charge in [-0.1, -0.05) is 0 Å². The Labute approximate surface area is 39.6 Å². The molecule has 0 heterocycles. The average Bonchev–Trinajstić information content (AvgIpc) is 1.37. The third-order valence-corrected chi connectivity index (χ3v) is 3.37. The maximum absolute atomic E-state index is 3.12. The summed E-state index contributed by atoms with van der Waals surface area (Å²) in [6, 6.07) is 0. The summed E-state index contributed by atoms with van der Waals surface area (Å²) in [5.41, 5.74) is 0. The Hall–Kier alpha value is 1.13. The van der Waals surface area contributed by atoms with Crippen molar-refractivity contribution in [2.24, 2.45) is 0 Å². The van der Waals surface area contributed by atoms with E-state index in [9.17, 15) is 0 Å². The maximum Gasteiger partial charge on any atom is 0.135 e. The minimum atomic E-state index is 1.49. The summed E-state index contributed by atoms with van der Waals surface area (Å²) in [5, 5.41) is 0. The van der Waals surface area contributed by atoms with Gasteiger partial charge >= 0.3 is 0 Å². The summed E-state index contributed by atoms with van der Waals surface area (Å²) in [5.74, 6) is 0. The first-order valence-electron chi connectivity index (χ1n) is 0.575. The van der Waals surface area contributed by atoms with Gasteiger partial charge < -0.3 is 0 Å². The zero-order valence-corrected chi connectivity index (χ0v) is 5.45. The van der Waals surface area contributed by atoms with Crippen LogP contribution in [0.2, 0.25) is 0 Å². The van der Waals surface area contributed by atoms with Crippen LogP contribution in [-0.2, 0) is 0 Å². The first-order chi connectivity index (χ1) is 1.91. The van der Waals surface area contributed by atoms with Gasteiger partial charge in [-0.25, -0.2) is 0 Å². The molecule has 0 spiro atoms. The Balaban J connectivity index is 1.97. The summed E-state index contributed by atoms with van der Waals surface area (Å²) in [7, 11) is 9.22. The lowest BCUT2D eigenvalue weighted by molar-refractivity contribution is 5.09. The Kier molecular flexibility index (Phi) is 5.31. The zero-order valence-electron chi connectivity index (χ0n) is 1.82. The molecule has 0 amide bonds. The molecule has 0 nitrogen and oxygen atoms in total.